The largest absolute Gasteiger partial charge is 0.352 e. The highest BCUT2D eigenvalue weighted by Gasteiger charge is 2.22. The lowest BCUT2D eigenvalue weighted by Crippen LogP contribution is -2.36. The van der Waals surface area contributed by atoms with Crippen LogP contribution in [0.15, 0.2) is 58.4 Å². The monoisotopic (exact) mass is 534 g/mol. The van der Waals surface area contributed by atoms with Gasteiger partial charge >= 0.3 is 0 Å². The summed E-state index contributed by atoms with van der Waals surface area (Å²) in [5.41, 5.74) is 1.45. The van der Waals surface area contributed by atoms with Crippen LogP contribution in [0.1, 0.15) is 25.0 Å². The van der Waals surface area contributed by atoms with E-state index in [0.29, 0.717) is 24.6 Å². The average molecular weight is 534 g/mol. The normalized spacial score (nSPS) is 12.0. The Balaban J connectivity index is 0.00000420. The van der Waals surface area contributed by atoms with Crippen LogP contribution >= 0.6 is 24.0 Å². The first-order valence-corrected chi connectivity index (χ1v) is 10.4. The summed E-state index contributed by atoms with van der Waals surface area (Å²) in [6.07, 6.45) is 0. The molecular weight excluding hydrogens is 506 g/mol. The molecule has 0 saturated carbocycles. The Morgan fingerprint density at radius 2 is 1.66 bits per heavy atom. The van der Waals surface area contributed by atoms with Gasteiger partial charge in [0.25, 0.3) is 0 Å². The molecule has 160 valence electrons. The Labute approximate surface area is 189 Å². The number of guanidine groups is 1. The van der Waals surface area contributed by atoms with Crippen LogP contribution in [0.5, 0.6) is 0 Å². The van der Waals surface area contributed by atoms with Crippen molar-refractivity contribution < 1.29 is 12.8 Å². The van der Waals surface area contributed by atoms with E-state index in [1.54, 1.807) is 56.6 Å². The van der Waals surface area contributed by atoms with Crippen molar-refractivity contribution in [2.24, 2.45) is 4.99 Å². The second-order valence-electron chi connectivity index (χ2n) is 6.63. The van der Waals surface area contributed by atoms with Gasteiger partial charge in [-0.25, -0.2) is 12.8 Å². The van der Waals surface area contributed by atoms with Gasteiger partial charge in [0.2, 0.25) is 10.0 Å². The molecule has 0 aromatic heterocycles. The van der Waals surface area contributed by atoms with E-state index in [9.17, 15) is 12.8 Å². The van der Waals surface area contributed by atoms with Gasteiger partial charge in [-0.05, 0) is 37.6 Å². The second kappa shape index (κ2) is 11.5. The van der Waals surface area contributed by atoms with E-state index >= 15 is 0 Å². The molecule has 0 fully saturated rings. The number of hydrogen-bond donors (Lipinski definition) is 2. The fraction of sp³-hybridized carbons (Fsp3) is 0.350. The van der Waals surface area contributed by atoms with E-state index < -0.39 is 10.0 Å². The van der Waals surface area contributed by atoms with Gasteiger partial charge in [0.1, 0.15) is 5.82 Å². The van der Waals surface area contributed by atoms with Crippen LogP contribution in [-0.4, -0.2) is 38.8 Å². The van der Waals surface area contributed by atoms with Gasteiger partial charge in [-0.2, -0.15) is 4.31 Å². The molecule has 6 nitrogen and oxygen atoms in total. The van der Waals surface area contributed by atoms with E-state index in [1.807, 2.05) is 13.8 Å². The molecule has 2 N–H and O–H groups in total. The molecule has 0 amide bonds. The van der Waals surface area contributed by atoms with Gasteiger partial charge in [-0.15, -0.1) is 24.0 Å². The van der Waals surface area contributed by atoms with Crippen molar-refractivity contribution >= 4 is 40.0 Å². The molecule has 0 bridgehead atoms. The molecule has 2 aromatic carbocycles. The molecule has 0 aliphatic heterocycles. The minimum Gasteiger partial charge on any atom is -0.352 e. The summed E-state index contributed by atoms with van der Waals surface area (Å²) >= 11 is 0. The van der Waals surface area contributed by atoms with Gasteiger partial charge in [0, 0.05) is 38.8 Å². The van der Waals surface area contributed by atoms with Gasteiger partial charge in [0.15, 0.2) is 5.96 Å². The van der Waals surface area contributed by atoms with Crippen LogP contribution in [0.3, 0.4) is 0 Å². The molecule has 0 radical (unpaired) electrons. The summed E-state index contributed by atoms with van der Waals surface area (Å²) < 4.78 is 40.0. The smallest absolute Gasteiger partial charge is 0.243 e. The number of rotatable bonds is 7. The third-order valence-corrected chi connectivity index (χ3v) is 6.46. The third-order valence-electron chi connectivity index (χ3n) is 4.42. The van der Waals surface area contributed by atoms with Crippen LogP contribution in [0.2, 0.25) is 0 Å². The van der Waals surface area contributed by atoms with E-state index in [-0.39, 0.29) is 40.7 Å². The van der Waals surface area contributed by atoms with Crippen molar-refractivity contribution in [3.63, 3.8) is 0 Å². The minimum atomic E-state index is -3.49. The van der Waals surface area contributed by atoms with Crippen molar-refractivity contribution in [3.8, 4) is 0 Å². The fourth-order valence-corrected chi connectivity index (χ4v) is 3.82. The molecule has 29 heavy (non-hydrogen) atoms. The standard InChI is InChI=1S/C20H27FN4O2S.HI/c1-15(2)25(4)28(26,27)18-11-9-16(10-12-18)13-23-20(22-3)24-14-17-7-5-6-8-19(17)21;/h5-12,15H,13-14H2,1-4H3,(H2,22,23,24);1H. The predicted octanol–water partition coefficient (Wildman–Crippen LogP) is 3.34. The van der Waals surface area contributed by atoms with Crippen molar-refractivity contribution in [2.75, 3.05) is 14.1 Å². The molecule has 0 saturated heterocycles. The van der Waals surface area contributed by atoms with E-state index in [2.05, 4.69) is 15.6 Å². The van der Waals surface area contributed by atoms with Crippen LogP contribution in [-0.2, 0) is 23.1 Å². The molecule has 0 aliphatic rings. The molecule has 0 atom stereocenters. The number of benzene rings is 2. The first-order valence-electron chi connectivity index (χ1n) is 9.00. The third kappa shape index (κ3) is 6.93. The predicted molar refractivity (Wildman–Crippen MR) is 125 cm³/mol. The van der Waals surface area contributed by atoms with Crippen molar-refractivity contribution in [1.82, 2.24) is 14.9 Å². The molecule has 0 heterocycles. The first-order chi connectivity index (χ1) is 13.3. The number of nitrogens with one attached hydrogen (secondary N) is 2. The Morgan fingerprint density at radius 1 is 1.07 bits per heavy atom. The maximum atomic E-state index is 13.7. The van der Waals surface area contributed by atoms with Crippen LogP contribution < -0.4 is 10.6 Å². The highest BCUT2D eigenvalue weighted by Crippen LogP contribution is 2.17. The Kier molecular flexibility index (Phi) is 10.0. The summed E-state index contributed by atoms with van der Waals surface area (Å²) in [7, 11) is -0.290. The Bertz CT molecular complexity index is 918. The highest BCUT2D eigenvalue weighted by molar-refractivity contribution is 14.0. The second-order valence-corrected chi connectivity index (χ2v) is 8.63. The van der Waals surface area contributed by atoms with E-state index in [0.717, 1.165) is 5.56 Å². The van der Waals surface area contributed by atoms with E-state index in [4.69, 9.17) is 0 Å². The average Bonchev–Trinajstić information content (AvgIpc) is 2.69. The topological polar surface area (TPSA) is 73.8 Å². The molecule has 9 heteroatoms. The van der Waals surface area contributed by atoms with Crippen LogP contribution in [0.25, 0.3) is 0 Å². The molecular formula is C20H28FIN4O2S. The first kappa shape index (κ1) is 25.3. The summed E-state index contributed by atoms with van der Waals surface area (Å²) in [6.45, 7) is 4.42. The zero-order valence-electron chi connectivity index (χ0n) is 17.0. The number of nitrogens with zero attached hydrogens (tertiary/aromatic N) is 2. The van der Waals surface area contributed by atoms with Crippen molar-refractivity contribution in [3.05, 3.63) is 65.5 Å². The number of sulfonamides is 1. The van der Waals surface area contributed by atoms with Crippen LogP contribution in [0.4, 0.5) is 4.39 Å². The maximum absolute atomic E-state index is 13.7. The number of halogens is 2. The molecule has 2 rings (SSSR count). The van der Waals surface area contributed by atoms with Crippen molar-refractivity contribution in [2.45, 2.75) is 37.9 Å². The van der Waals surface area contributed by atoms with Crippen molar-refractivity contribution in [1.29, 1.82) is 0 Å². The zero-order chi connectivity index (χ0) is 20.7. The molecule has 2 aromatic rings. The lowest BCUT2D eigenvalue weighted by Gasteiger charge is -2.21. The SMILES string of the molecule is CN=C(NCc1ccc(S(=O)(=O)N(C)C(C)C)cc1)NCc1ccccc1F.I. The number of aliphatic imine (C=N–C) groups is 1. The lowest BCUT2D eigenvalue weighted by molar-refractivity contribution is 0.410. The summed E-state index contributed by atoms with van der Waals surface area (Å²) in [4.78, 5) is 4.38. The summed E-state index contributed by atoms with van der Waals surface area (Å²) in [5, 5.41) is 6.19. The minimum absolute atomic E-state index is 0. The summed E-state index contributed by atoms with van der Waals surface area (Å²) in [6, 6.07) is 13.2. The molecule has 0 unspecified atom stereocenters. The number of hydrogen-bond acceptors (Lipinski definition) is 3. The van der Waals surface area contributed by atoms with Gasteiger partial charge in [0.05, 0.1) is 4.90 Å². The highest BCUT2D eigenvalue weighted by atomic mass is 127. The van der Waals surface area contributed by atoms with Gasteiger partial charge in [-0.1, -0.05) is 30.3 Å². The zero-order valence-corrected chi connectivity index (χ0v) is 20.2. The Morgan fingerprint density at radius 3 is 2.21 bits per heavy atom. The summed E-state index contributed by atoms with van der Waals surface area (Å²) in [5.74, 6) is 0.258. The van der Waals surface area contributed by atoms with Gasteiger partial charge < -0.3 is 10.6 Å². The van der Waals surface area contributed by atoms with Gasteiger partial charge in [-0.3, -0.25) is 4.99 Å². The molecule has 0 spiro atoms. The quantitative estimate of drug-likeness (QED) is 0.325. The maximum Gasteiger partial charge on any atom is 0.243 e. The molecule has 0 aliphatic carbocycles. The van der Waals surface area contributed by atoms with E-state index in [1.165, 1.54) is 10.4 Å². The van der Waals surface area contributed by atoms with Crippen LogP contribution in [0, 0.1) is 5.82 Å². The Hall–Kier alpha value is -1.72. The lowest BCUT2D eigenvalue weighted by atomic mass is 10.2. The fourth-order valence-electron chi connectivity index (χ4n) is 2.45.